The molecule has 0 N–H and O–H groups in total. The molecular weight excluding hydrogens is 340 g/mol. The molecule has 0 aromatic carbocycles. The van der Waals surface area contributed by atoms with E-state index >= 15 is 0 Å². The largest absolute Gasteiger partial charge is 0.299 e. The van der Waals surface area contributed by atoms with E-state index in [1.54, 1.807) is 0 Å². The van der Waals surface area contributed by atoms with Crippen LogP contribution < -0.4 is 0 Å². The number of hydrogen-bond donors (Lipinski definition) is 0. The van der Waals surface area contributed by atoms with Gasteiger partial charge >= 0.3 is 0 Å². The van der Waals surface area contributed by atoms with E-state index in [1.165, 1.54) is 18.4 Å². The normalized spacial score (nSPS) is 47.5. The zero-order valence-electron chi connectivity index (χ0n) is 13.4. The Labute approximate surface area is 141 Å². The predicted molar refractivity (Wildman–Crippen MR) is 89.8 cm³/mol. The Morgan fingerprint density at radius 2 is 1.91 bits per heavy atom. The van der Waals surface area contributed by atoms with Crippen LogP contribution in [0.25, 0.3) is 0 Å². The average Bonchev–Trinajstić information content (AvgIpc) is 2.82. The van der Waals surface area contributed by atoms with Crippen molar-refractivity contribution in [3.05, 3.63) is 11.6 Å². The first-order valence-corrected chi connectivity index (χ1v) is 9.96. The Bertz CT molecular complexity index is 566. The van der Waals surface area contributed by atoms with Crippen molar-refractivity contribution in [2.45, 2.75) is 58.3 Å². The quantitative estimate of drug-likeness (QED) is 0.643. The molecule has 120 valence electrons. The number of rotatable bonds is 1. The molecule has 5 atom stereocenters. The summed E-state index contributed by atoms with van der Waals surface area (Å²) in [6.45, 7) is 2.24. The van der Waals surface area contributed by atoms with Crippen molar-refractivity contribution >= 4 is 27.5 Å². The number of halogens is 1. The minimum absolute atomic E-state index is 0.0413. The number of ketones is 2. The Balaban J connectivity index is 1.73. The molecule has 0 saturated heterocycles. The van der Waals surface area contributed by atoms with E-state index < -0.39 is 0 Å². The van der Waals surface area contributed by atoms with Gasteiger partial charge in [0.25, 0.3) is 0 Å². The van der Waals surface area contributed by atoms with Crippen LogP contribution in [0.2, 0.25) is 0 Å². The van der Waals surface area contributed by atoms with E-state index in [4.69, 9.17) is 0 Å². The average molecular weight is 365 g/mol. The van der Waals surface area contributed by atoms with Gasteiger partial charge in [-0.15, -0.1) is 0 Å². The lowest BCUT2D eigenvalue weighted by atomic mass is 9.47. The number of Topliss-reactive ketones (excluding diaryl/α,β-unsaturated/α-hetero) is 1. The summed E-state index contributed by atoms with van der Waals surface area (Å²) < 4.78 is 0. The van der Waals surface area contributed by atoms with Crippen LogP contribution in [0, 0.1) is 28.6 Å². The van der Waals surface area contributed by atoms with Crippen molar-refractivity contribution in [2.24, 2.45) is 28.6 Å². The number of carbonyl (C=O) groups is 2. The summed E-state index contributed by atoms with van der Waals surface area (Å²) in [5.41, 5.74) is 1.57. The summed E-state index contributed by atoms with van der Waals surface area (Å²) in [7, 11) is 0. The highest BCUT2D eigenvalue weighted by Crippen LogP contribution is 2.64. The maximum Gasteiger partial charge on any atom is 0.155 e. The molecule has 0 heterocycles. The molecular formula is C19H25BrO2. The van der Waals surface area contributed by atoms with E-state index in [-0.39, 0.29) is 10.8 Å². The van der Waals surface area contributed by atoms with Gasteiger partial charge in [-0.1, -0.05) is 28.4 Å². The zero-order valence-corrected chi connectivity index (χ0v) is 15.0. The molecule has 0 bridgehead atoms. The molecule has 4 aliphatic carbocycles. The van der Waals surface area contributed by atoms with Crippen LogP contribution in [-0.2, 0) is 9.59 Å². The summed E-state index contributed by atoms with van der Waals surface area (Å²) in [6, 6.07) is 0. The Kier molecular flexibility index (Phi) is 3.45. The fraction of sp³-hybridized carbons (Fsp3) is 0.789. The van der Waals surface area contributed by atoms with Crippen LogP contribution in [0.5, 0.6) is 0 Å². The molecule has 0 unspecified atom stereocenters. The fourth-order valence-corrected chi connectivity index (χ4v) is 7.44. The summed E-state index contributed by atoms with van der Waals surface area (Å²) in [5, 5.41) is 0.984. The van der Waals surface area contributed by atoms with Gasteiger partial charge in [0, 0.05) is 29.0 Å². The van der Waals surface area contributed by atoms with Crippen molar-refractivity contribution in [3.63, 3.8) is 0 Å². The summed E-state index contributed by atoms with van der Waals surface area (Å²) in [6.07, 6.45) is 10.1. The first-order chi connectivity index (χ1) is 10.5. The lowest BCUT2D eigenvalue weighted by Crippen LogP contribution is -2.52. The van der Waals surface area contributed by atoms with Crippen LogP contribution in [-0.4, -0.2) is 16.9 Å². The lowest BCUT2D eigenvalue weighted by Gasteiger charge is -2.57. The van der Waals surface area contributed by atoms with Gasteiger partial charge < -0.3 is 0 Å². The molecule has 4 rings (SSSR count). The maximum atomic E-state index is 12.4. The Morgan fingerprint density at radius 3 is 2.68 bits per heavy atom. The van der Waals surface area contributed by atoms with Crippen LogP contribution in [0.15, 0.2) is 11.6 Å². The standard InChI is InChI=1S/C19H25BrO2/c1-18-8-7-16-14(15(18)4-5-17(18)22)3-2-12-10-13(21)6-9-19(12,16)11-20/h10,14-16H,2-9,11H2,1H3/t14-,15-,16+,18-,19+/m0/s1. The van der Waals surface area contributed by atoms with Crippen molar-refractivity contribution in [2.75, 3.05) is 5.33 Å². The highest BCUT2D eigenvalue weighted by Gasteiger charge is 2.59. The molecule has 0 spiro atoms. The highest BCUT2D eigenvalue weighted by molar-refractivity contribution is 9.09. The summed E-state index contributed by atoms with van der Waals surface area (Å²) >= 11 is 3.80. The molecule has 0 radical (unpaired) electrons. The van der Waals surface area contributed by atoms with Gasteiger partial charge in [-0.25, -0.2) is 0 Å². The minimum Gasteiger partial charge on any atom is -0.299 e. The van der Waals surface area contributed by atoms with E-state index in [1.807, 2.05) is 6.08 Å². The number of carbonyl (C=O) groups excluding carboxylic acids is 2. The van der Waals surface area contributed by atoms with Gasteiger partial charge in [0.1, 0.15) is 5.78 Å². The Hall–Kier alpha value is -0.440. The third kappa shape index (κ3) is 1.84. The SMILES string of the molecule is C[C@]12CC[C@@H]3[C@@H](CCC4=CC(=O)CC[C@@]43CBr)[C@@H]1CCC2=O. The smallest absolute Gasteiger partial charge is 0.155 e. The van der Waals surface area contributed by atoms with Crippen molar-refractivity contribution in [1.29, 1.82) is 0 Å². The van der Waals surface area contributed by atoms with E-state index in [0.717, 1.165) is 37.4 Å². The van der Waals surface area contributed by atoms with Gasteiger partial charge in [-0.3, -0.25) is 9.59 Å². The van der Waals surface area contributed by atoms with Crippen LogP contribution in [0.4, 0.5) is 0 Å². The van der Waals surface area contributed by atoms with Crippen LogP contribution >= 0.6 is 15.9 Å². The molecule has 22 heavy (non-hydrogen) atoms. The second-order valence-electron chi connectivity index (χ2n) is 8.26. The van der Waals surface area contributed by atoms with Gasteiger partial charge in [-0.05, 0) is 62.4 Å². The number of hydrogen-bond acceptors (Lipinski definition) is 2. The summed E-state index contributed by atoms with van der Waals surface area (Å²) in [5.74, 6) is 2.79. The molecule has 3 saturated carbocycles. The monoisotopic (exact) mass is 364 g/mol. The number of alkyl halides is 1. The van der Waals surface area contributed by atoms with Gasteiger partial charge in [0.2, 0.25) is 0 Å². The topological polar surface area (TPSA) is 34.1 Å². The van der Waals surface area contributed by atoms with Crippen LogP contribution in [0.3, 0.4) is 0 Å². The first-order valence-electron chi connectivity index (χ1n) is 8.84. The number of fused-ring (bicyclic) bond motifs is 5. The molecule has 3 fully saturated rings. The number of allylic oxidation sites excluding steroid dienone is 1. The molecule has 2 nitrogen and oxygen atoms in total. The minimum atomic E-state index is -0.0413. The molecule has 0 aliphatic heterocycles. The van der Waals surface area contributed by atoms with E-state index in [2.05, 4.69) is 22.9 Å². The van der Waals surface area contributed by atoms with Crippen LogP contribution in [0.1, 0.15) is 58.3 Å². The molecule has 4 aliphatic rings. The third-order valence-electron chi connectivity index (χ3n) is 7.63. The molecule has 0 aromatic heterocycles. The van der Waals surface area contributed by atoms with Crippen molar-refractivity contribution in [1.82, 2.24) is 0 Å². The van der Waals surface area contributed by atoms with Gasteiger partial charge in [0.05, 0.1) is 0 Å². The second kappa shape index (κ2) is 5.03. The predicted octanol–water partition coefficient (Wildman–Crippen LogP) is 4.46. The van der Waals surface area contributed by atoms with Crippen molar-refractivity contribution < 1.29 is 9.59 Å². The maximum absolute atomic E-state index is 12.4. The van der Waals surface area contributed by atoms with Crippen molar-refractivity contribution in [3.8, 4) is 0 Å². The van der Waals surface area contributed by atoms with E-state index in [0.29, 0.717) is 35.7 Å². The molecule has 3 heteroatoms. The van der Waals surface area contributed by atoms with Gasteiger partial charge in [0.15, 0.2) is 5.78 Å². The Morgan fingerprint density at radius 1 is 1.09 bits per heavy atom. The zero-order chi connectivity index (χ0) is 15.5. The second-order valence-corrected chi connectivity index (χ2v) is 8.82. The first kappa shape index (κ1) is 15.1. The molecule has 0 aromatic rings. The third-order valence-corrected chi connectivity index (χ3v) is 8.63. The lowest BCUT2D eigenvalue weighted by molar-refractivity contribution is -0.132. The fourth-order valence-electron chi connectivity index (χ4n) is 6.38. The molecule has 0 amide bonds. The van der Waals surface area contributed by atoms with Gasteiger partial charge in [-0.2, -0.15) is 0 Å². The summed E-state index contributed by atoms with van der Waals surface area (Å²) in [4.78, 5) is 24.3. The van der Waals surface area contributed by atoms with E-state index in [9.17, 15) is 9.59 Å². The highest BCUT2D eigenvalue weighted by atomic mass is 79.9.